The van der Waals surface area contributed by atoms with Crippen molar-refractivity contribution >= 4 is 23.3 Å². The number of hydrogen-bond donors (Lipinski definition) is 0. The summed E-state index contributed by atoms with van der Waals surface area (Å²) in [7, 11) is 2.99. The Bertz CT molecular complexity index is 1030. The van der Waals surface area contributed by atoms with Crippen molar-refractivity contribution in [2.24, 2.45) is 0 Å². The number of unbranched alkanes of at least 4 members (excludes halogenated alkanes) is 2. The molecule has 0 fully saturated rings. The summed E-state index contributed by atoms with van der Waals surface area (Å²) in [4.78, 5) is 38.7. The maximum Gasteiger partial charge on any atom is 0.508 e. The van der Waals surface area contributed by atoms with Crippen LogP contribution in [-0.4, -0.2) is 45.2 Å². The first kappa shape index (κ1) is 23.1. The van der Waals surface area contributed by atoms with E-state index in [0.717, 1.165) is 19.3 Å². The highest BCUT2D eigenvalue weighted by Crippen LogP contribution is 2.36. The second-order valence-electron chi connectivity index (χ2n) is 7.25. The maximum atomic E-state index is 13.4. The number of ether oxygens (including phenoxy) is 4. The third-order valence-corrected chi connectivity index (χ3v) is 5.16. The number of carbonyl (C=O) groups excluding carboxylic acids is 3. The van der Waals surface area contributed by atoms with Gasteiger partial charge in [-0.05, 0) is 24.1 Å². The van der Waals surface area contributed by atoms with Gasteiger partial charge in [0.25, 0.3) is 0 Å². The van der Waals surface area contributed by atoms with Gasteiger partial charge >= 0.3 is 6.16 Å². The Morgan fingerprint density at radius 3 is 2.06 bits per heavy atom. The number of fused-ring (bicyclic) bond motifs is 1. The van der Waals surface area contributed by atoms with Gasteiger partial charge in [0.05, 0.1) is 20.8 Å². The van der Waals surface area contributed by atoms with Gasteiger partial charge < -0.3 is 18.9 Å². The summed E-state index contributed by atoms with van der Waals surface area (Å²) in [6.45, 7) is 1.89. The van der Waals surface area contributed by atoms with E-state index in [2.05, 4.69) is 0 Å². The zero-order valence-electron chi connectivity index (χ0n) is 18.4. The van der Waals surface area contributed by atoms with Crippen molar-refractivity contribution in [1.29, 1.82) is 0 Å². The highest BCUT2D eigenvalue weighted by molar-refractivity contribution is 6.40. The molecule has 0 N–H and O–H groups in total. The molecule has 0 saturated heterocycles. The maximum absolute atomic E-state index is 13.4. The van der Waals surface area contributed by atoms with Crippen LogP contribution < -0.4 is 9.47 Å². The van der Waals surface area contributed by atoms with Crippen LogP contribution in [0.4, 0.5) is 4.79 Å². The van der Waals surface area contributed by atoms with Crippen molar-refractivity contribution in [3.05, 3.63) is 64.7 Å². The van der Waals surface area contributed by atoms with E-state index in [0.29, 0.717) is 22.6 Å². The Morgan fingerprint density at radius 2 is 1.47 bits per heavy atom. The number of allylic oxidation sites excluding steroid dienone is 1. The van der Waals surface area contributed by atoms with E-state index in [1.165, 1.54) is 14.2 Å². The van der Waals surface area contributed by atoms with E-state index in [9.17, 15) is 14.4 Å². The van der Waals surface area contributed by atoms with Gasteiger partial charge in [-0.2, -0.15) is 0 Å². The fourth-order valence-electron chi connectivity index (χ4n) is 3.50. The SMILES string of the molecule is CCCCCOC(=O)OCC1=C(c2cc(OC)cc(OC)c2)C(=O)c2ccccc2C1=O. The van der Waals surface area contributed by atoms with Gasteiger partial charge in [-0.1, -0.05) is 44.0 Å². The van der Waals surface area contributed by atoms with E-state index >= 15 is 0 Å². The molecule has 7 heteroatoms. The quantitative estimate of drug-likeness (QED) is 0.407. The van der Waals surface area contributed by atoms with Crippen LogP contribution in [0.25, 0.3) is 5.57 Å². The molecule has 0 spiro atoms. The minimum Gasteiger partial charge on any atom is -0.497 e. The third kappa shape index (κ3) is 4.99. The largest absolute Gasteiger partial charge is 0.508 e. The molecule has 168 valence electrons. The van der Waals surface area contributed by atoms with Crippen LogP contribution in [0.3, 0.4) is 0 Å². The van der Waals surface area contributed by atoms with Gasteiger partial charge in [-0.15, -0.1) is 0 Å². The molecule has 0 unspecified atom stereocenters. The van der Waals surface area contributed by atoms with Gasteiger partial charge in [-0.3, -0.25) is 9.59 Å². The van der Waals surface area contributed by atoms with Crippen LogP contribution in [0, 0.1) is 0 Å². The van der Waals surface area contributed by atoms with Gasteiger partial charge in [-0.25, -0.2) is 4.79 Å². The number of methoxy groups -OCH3 is 2. The summed E-state index contributed by atoms with van der Waals surface area (Å²) in [6, 6.07) is 11.5. The molecule has 3 rings (SSSR count). The molecule has 0 heterocycles. The average Bonchev–Trinajstić information content (AvgIpc) is 2.82. The van der Waals surface area contributed by atoms with Gasteiger partial charge in [0, 0.05) is 28.3 Å². The molecule has 32 heavy (non-hydrogen) atoms. The standard InChI is InChI=1S/C25H26O7/c1-4-5-8-11-31-25(28)32-15-21-22(16-12-17(29-2)14-18(13-16)30-3)24(27)20-10-7-6-9-19(20)23(21)26/h6-7,9-10,12-14H,4-5,8,11,15H2,1-3H3. The van der Waals surface area contributed by atoms with E-state index in [4.69, 9.17) is 18.9 Å². The van der Waals surface area contributed by atoms with Crippen LogP contribution >= 0.6 is 0 Å². The smallest absolute Gasteiger partial charge is 0.497 e. The molecule has 0 saturated carbocycles. The predicted molar refractivity (Wildman–Crippen MR) is 118 cm³/mol. The fraction of sp³-hybridized carbons (Fsp3) is 0.320. The van der Waals surface area contributed by atoms with Crippen LogP contribution in [-0.2, 0) is 9.47 Å². The Hall–Kier alpha value is -3.61. The van der Waals surface area contributed by atoms with Crippen molar-refractivity contribution in [3.8, 4) is 11.5 Å². The van der Waals surface area contributed by atoms with Gasteiger partial charge in [0.1, 0.15) is 18.1 Å². The first-order chi connectivity index (χ1) is 15.5. The monoisotopic (exact) mass is 438 g/mol. The van der Waals surface area contributed by atoms with E-state index in [-0.39, 0.29) is 41.5 Å². The molecule has 2 aromatic rings. The Labute approximate surface area is 186 Å². The molecule has 7 nitrogen and oxygen atoms in total. The Morgan fingerprint density at radius 1 is 0.844 bits per heavy atom. The number of carbonyl (C=O) groups is 3. The number of rotatable bonds is 9. The molecule has 1 aliphatic carbocycles. The van der Waals surface area contributed by atoms with E-state index < -0.39 is 6.16 Å². The first-order valence-electron chi connectivity index (χ1n) is 10.4. The lowest BCUT2D eigenvalue weighted by atomic mass is 9.81. The van der Waals surface area contributed by atoms with Crippen molar-refractivity contribution in [2.45, 2.75) is 26.2 Å². The highest BCUT2D eigenvalue weighted by Gasteiger charge is 2.34. The lowest BCUT2D eigenvalue weighted by molar-refractivity contribution is 0.0593. The minimum atomic E-state index is -0.879. The van der Waals surface area contributed by atoms with Crippen LogP contribution in [0.1, 0.15) is 52.5 Å². The molecule has 2 aromatic carbocycles. The zero-order valence-corrected chi connectivity index (χ0v) is 18.4. The molecule has 0 aromatic heterocycles. The van der Waals surface area contributed by atoms with Crippen molar-refractivity contribution < 1.29 is 33.3 Å². The second-order valence-corrected chi connectivity index (χ2v) is 7.25. The highest BCUT2D eigenvalue weighted by atomic mass is 16.7. The van der Waals surface area contributed by atoms with Gasteiger partial charge in [0.15, 0.2) is 11.6 Å². The molecule has 1 aliphatic rings. The topological polar surface area (TPSA) is 88.1 Å². The van der Waals surface area contributed by atoms with E-state index in [1.807, 2.05) is 6.92 Å². The molecular weight excluding hydrogens is 412 g/mol. The van der Waals surface area contributed by atoms with Crippen molar-refractivity contribution in [1.82, 2.24) is 0 Å². The summed E-state index contributed by atoms with van der Waals surface area (Å²) in [5, 5.41) is 0. The van der Waals surface area contributed by atoms with Crippen molar-refractivity contribution in [3.63, 3.8) is 0 Å². The molecule has 0 bridgehead atoms. The minimum absolute atomic E-state index is 0.0783. The number of hydrogen-bond acceptors (Lipinski definition) is 7. The summed E-state index contributed by atoms with van der Waals surface area (Å²) >= 11 is 0. The summed E-state index contributed by atoms with van der Waals surface area (Å²) < 4.78 is 20.9. The lowest BCUT2D eigenvalue weighted by Gasteiger charge is -2.22. The summed E-state index contributed by atoms with van der Waals surface area (Å²) in [5.41, 5.74) is 1.22. The van der Waals surface area contributed by atoms with Gasteiger partial charge in [0.2, 0.25) is 0 Å². The van der Waals surface area contributed by atoms with Crippen LogP contribution in [0.2, 0.25) is 0 Å². The van der Waals surface area contributed by atoms with Crippen LogP contribution in [0.15, 0.2) is 48.0 Å². The number of ketones is 2. The zero-order chi connectivity index (χ0) is 23.1. The first-order valence-corrected chi connectivity index (χ1v) is 10.4. The second kappa shape index (κ2) is 10.6. The molecule has 0 aliphatic heterocycles. The molecule has 0 radical (unpaired) electrons. The Balaban J connectivity index is 1.99. The molecule has 0 atom stereocenters. The predicted octanol–water partition coefficient (Wildman–Crippen LogP) is 4.88. The normalized spacial score (nSPS) is 13.0. The Kier molecular flexibility index (Phi) is 7.65. The fourth-order valence-corrected chi connectivity index (χ4v) is 3.50. The average molecular weight is 438 g/mol. The number of Topliss-reactive ketones (excluding diaryl/α,β-unsaturated/α-hetero) is 2. The lowest BCUT2D eigenvalue weighted by Crippen LogP contribution is -2.25. The van der Waals surface area contributed by atoms with Crippen molar-refractivity contribution in [2.75, 3.05) is 27.4 Å². The summed E-state index contributed by atoms with van der Waals surface area (Å²) in [5.74, 6) is 0.198. The van der Waals surface area contributed by atoms with E-state index in [1.54, 1.807) is 42.5 Å². The number of benzene rings is 2. The molecule has 0 amide bonds. The van der Waals surface area contributed by atoms with Crippen LogP contribution in [0.5, 0.6) is 11.5 Å². The third-order valence-electron chi connectivity index (χ3n) is 5.16. The molecular formula is C25H26O7. The summed E-state index contributed by atoms with van der Waals surface area (Å²) in [6.07, 6.45) is 1.78.